The Bertz CT molecular complexity index is 264. The Morgan fingerprint density at radius 3 is 2.71 bits per heavy atom. The molecule has 1 aliphatic heterocycles. The number of likely N-dealkylation sites (tertiary alicyclic amines) is 1. The van der Waals surface area contributed by atoms with Gasteiger partial charge >= 0.3 is 0 Å². The van der Waals surface area contributed by atoms with Crippen molar-refractivity contribution in [3.8, 4) is 0 Å². The molecule has 0 aromatic carbocycles. The second-order valence-electron chi connectivity index (χ2n) is 5.94. The van der Waals surface area contributed by atoms with Gasteiger partial charge < -0.3 is 4.90 Å². The molecule has 2 rings (SSSR count). The number of hydrogen-bond acceptors (Lipinski definition) is 1. The molecule has 0 bridgehead atoms. The van der Waals surface area contributed by atoms with E-state index in [2.05, 4.69) is 18.7 Å². The van der Waals surface area contributed by atoms with Crippen molar-refractivity contribution in [3.63, 3.8) is 0 Å². The van der Waals surface area contributed by atoms with Crippen LogP contribution in [0.5, 0.6) is 0 Å². The SMILES string of the molecule is CCCCC(=S)N1C(C)CCC2CCCCC21. The highest BCUT2D eigenvalue weighted by Crippen LogP contribution is 2.38. The molecular formula is C15H27NS. The molecule has 3 atom stereocenters. The third kappa shape index (κ3) is 3.01. The standard InChI is InChI=1S/C15H27NS/c1-3-4-9-15(17)16-12(2)10-11-13-7-5-6-8-14(13)16/h12-14H,3-11H2,1-2H3. The lowest BCUT2D eigenvalue weighted by molar-refractivity contribution is 0.0814. The molecule has 2 aliphatic rings. The monoisotopic (exact) mass is 253 g/mol. The van der Waals surface area contributed by atoms with Crippen LogP contribution in [0.25, 0.3) is 0 Å². The summed E-state index contributed by atoms with van der Waals surface area (Å²) in [6, 6.07) is 1.48. The Balaban J connectivity index is 2.02. The fourth-order valence-electron chi connectivity index (χ4n) is 3.70. The van der Waals surface area contributed by atoms with Gasteiger partial charge in [0.25, 0.3) is 0 Å². The number of piperidine rings is 1. The summed E-state index contributed by atoms with van der Waals surface area (Å²) in [4.78, 5) is 3.90. The van der Waals surface area contributed by atoms with E-state index in [9.17, 15) is 0 Å². The second-order valence-corrected chi connectivity index (χ2v) is 6.41. The van der Waals surface area contributed by atoms with Crippen molar-refractivity contribution < 1.29 is 0 Å². The number of hydrogen-bond donors (Lipinski definition) is 0. The summed E-state index contributed by atoms with van der Waals surface area (Å²) >= 11 is 5.71. The first-order valence-corrected chi connectivity index (χ1v) is 7.96. The quantitative estimate of drug-likeness (QED) is 0.679. The Hall–Kier alpha value is -0.110. The molecule has 0 N–H and O–H groups in total. The van der Waals surface area contributed by atoms with E-state index in [0.717, 1.165) is 18.4 Å². The van der Waals surface area contributed by atoms with Crippen molar-refractivity contribution in [2.24, 2.45) is 5.92 Å². The van der Waals surface area contributed by atoms with Crippen LogP contribution in [-0.4, -0.2) is 22.0 Å². The van der Waals surface area contributed by atoms with Crippen molar-refractivity contribution >= 4 is 17.2 Å². The molecule has 1 saturated heterocycles. The Labute approximate surface area is 112 Å². The van der Waals surface area contributed by atoms with E-state index >= 15 is 0 Å². The van der Waals surface area contributed by atoms with Gasteiger partial charge in [-0.3, -0.25) is 0 Å². The van der Waals surface area contributed by atoms with Gasteiger partial charge in [-0.15, -0.1) is 0 Å². The van der Waals surface area contributed by atoms with Crippen molar-refractivity contribution in [1.82, 2.24) is 4.90 Å². The zero-order chi connectivity index (χ0) is 12.3. The highest BCUT2D eigenvalue weighted by atomic mass is 32.1. The highest BCUT2D eigenvalue weighted by Gasteiger charge is 2.37. The van der Waals surface area contributed by atoms with Crippen LogP contribution >= 0.6 is 12.2 Å². The third-order valence-electron chi connectivity index (χ3n) is 4.69. The average Bonchev–Trinajstić information content (AvgIpc) is 2.35. The van der Waals surface area contributed by atoms with Crippen LogP contribution in [0.3, 0.4) is 0 Å². The summed E-state index contributed by atoms with van der Waals surface area (Å²) in [6.45, 7) is 4.63. The number of unbranched alkanes of at least 4 members (excludes halogenated alkanes) is 1. The third-order valence-corrected chi connectivity index (χ3v) is 5.10. The maximum atomic E-state index is 5.71. The fourth-order valence-corrected chi connectivity index (χ4v) is 4.16. The molecule has 0 amide bonds. The molecular weight excluding hydrogens is 226 g/mol. The van der Waals surface area contributed by atoms with Crippen LogP contribution in [0, 0.1) is 5.92 Å². The first kappa shape index (κ1) is 13.3. The maximum absolute atomic E-state index is 5.71. The summed E-state index contributed by atoms with van der Waals surface area (Å²) in [5.41, 5.74) is 0. The van der Waals surface area contributed by atoms with E-state index in [1.807, 2.05) is 0 Å². The lowest BCUT2D eigenvalue weighted by Gasteiger charge is -2.49. The van der Waals surface area contributed by atoms with E-state index in [1.54, 1.807) is 0 Å². The van der Waals surface area contributed by atoms with Crippen molar-refractivity contribution in [2.75, 3.05) is 0 Å². The Morgan fingerprint density at radius 1 is 1.18 bits per heavy atom. The molecule has 3 unspecified atom stereocenters. The zero-order valence-electron chi connectivity index (χ0n) is 11.5. The molecule has 1 nitrogen and oxygen atoms in total. The molecule has 2 heteroatoms. The predicted molar refractivity (Wildman–Crippen MR) is 78.4 cm³/mol. The van der Waals surface area contributed by atoms with Crippen molar-refractivity contribution in [2.45, 2.75) is 83.7 Å². The molecule has 1 aliphatic carbocycles. The van der Waals surface area contributed by atoms with E-state index in [4.69, 9.17) is 12.2 Å². The normalized spacial score (nSPS) is 33.3. The lowest BCUT2D eigenvalue weighted by Crippen LogP contribution is -2.53. The van der Waals surface area contributed by atoms with Gasteiger partial charge in [-0.05, 0) is 51.4 Å². The predicted octanol–water partition coefficient (Wildman–Crippen LogP) is 4.55. The largest absolute Gasteiger partial charge is 0.360 e. The van der Waals surface area contributed by atoms with Crippen LogP contribution in [0.1, 0.15) is 71.6 Å². The smallest absolute Gasteiger partial charge is 0.0784 e. The van der Waals surface area contributed by atoms with E-state index in [0.29, 0.717) is 6.04 Å². The summed E-state index contributed by atoms with van der Waals surface area (Å²) < 4.78 is 0. The molecule has 98 valence electrons. The topological polar surface area (TPSA) is 3.24 Å². The number of nitrogens with zero attached hydrogens (tertiary/aromatic N) is 1. The molecule has 17 heavy (non-hydrogen) atoms. The Kier molecular flexibility index (Phi) is 4.84. The van der Waals surface area contributed by atoms with E-state index in [1.165, 1.54) is 56.4 Å². The zero-order valence-corrected chi connectivity index (χ0v) is 12.3. The molecule has 1 saturated carbocycles. The maximum Gasteiger partial charge on any atom is 0.0784 e. The first-order valence-electron chi connectivity index (χ1n) is 7.55. The van der Waals surface area contributed by atoms with Crippen LogP contribution in [0.15, 0.2) is 0 Å². The van der Waals surface area contributed by atoms with Gasteiger partial charge in [0.2, 0.25) is 0 Å². The summed E-state index contributed by atoms with van der Waals surface area (Å²) in [7, 11) is 0. The second kappa shape index (κ2) is 6.17. The first-order chi connectivity index (χ1) is 8.24. The number of fused-ring (bicyclic) bond motifs is 1. The van der Waals surface area contributed by atoms with Gasteiger partial charge in [-0.2, -0.15) is 0 Å². The van der Waals surface area contributed by atoms with Gasteiger partial charge in [0.1, 0.15) is 0 Å². The van der Waals surface area contributed by atoms with Gasteiger partial charge in [0, 0.05) is 12.1 Å². The highest BCUT2D eigenvalue weighted by molar-refractivity contribution is 7.80. The molecule has 0 aromatic rings. The average molecular weight is 253 g/mol. The molecule has 2 fully saturated rings. The van der Waals surface area contributed by atoms with Gasteiger partial charge in [-0.25, -0.2) is 0 Å². The lowest BCUT2D eigenvalue weighted by atomic mass is 9.76. The van der Waals surface area contributed by atoms with Crippen LogP contribution < -0.4 is 0 Å². The summed E-state index contributed by atoms with van der Waals surface area (Å²) in [5, 5.41) is 0. The molecule has 1 heterocycles. The number of rotatable bonds is 3. The minimum absolute atomic E-state index is 0.693. The van der Waals surface area contributed by atoms with Crippen LogP contribution in [0.4, 0.5) is 0 Å². The van der Waals surface area contributed by atoms with E-state index < -0.39 is 0 Å². The summed E-state index contributed by atoms with van der Waals surface area (Å²) in [5.74, 6) is 0.944. The van der Waals surface area contributed by atoms with Crippen LogP contribution in [0.2, 0.25) is 0 Å². The Morgan fingerprint density at radius 2 is 1.94 bits per heavy atom. The van der Waals surface area contributed by atoms with E-state index in [-0.39, 0.29) is 0 Å². The van der Waals surface area contributed by atoms with Gasteiger partial charge in [0.05, 0.1) is 4.99 Å². The summed E-state index contributed by atoms with van der Waals surface area (Å²) in [6.07, 6.45) is 12.2. The van der Waals surface area contributed by atoms with Crippen molar-refractivity contribution in [3.05, 3.63) is 0 Å². The minimum Gasteiger partial charge on any atom is -0.360 e. The number of thiocarbonyl (C=S) groups is 1. The fraction of sp³-hybridized carbons (Fsp3) is 0.933. The van der Waals surface area contributed by atoms with Crippen molar-refractivity contribution in [1.29, 1.82) is 0 Å². The molecule has 0 spiro atoms. The molecule has 0 radical (unpaired) electrons. The minimum atomic E-state index is 0.693. The van der Waals surface area contributed by atoms with Crippen LogP contribution in [-0.2, 0) is 0 Å². The molecule has 0 aromatic heterocycles. The van der Waals surface area contributed by atoms with Gasteiger partial charge in [-0.1, -0.05) is 38.4 Å². The van der Waals surface area contributed by atoms with Gasteiger partial charge in [0.15, 0.2) is 0 Å².